The van der Waals surface area contributed by atoms with Gasteiger partial charge in [-0.05, 0) is 6.07 Å². The second-order valence-corrected chi connectivity index (χ2v) is 3.81. The Kier molecular flexibility index (Phi) is 3.92. The lowest BCUT2D eigenvalue weighted by Gasteiger charge is -2.12. The Balaban J connectivity index is 2.53. The molecule has 0 aromatic carbocycles. The molecule has 0 radical (unpaired) electrons. The molecule has 0 spiro atoms. The first-order chi connectivity index (χ1) is 9.86. The number of hydrogen-bond acceptors (Lipinski definition) is 5. The summed E-state index contributed by atoms with van der Waals surface area (Å²) in [5.74, 6) is -2.58. The Morgan fingerprint density at radius 1 is 1.05 bits per heavy atom. The molecule has 0 saturated heterocycles. The van der Waals surface area contributed by atoms with Crippen molar-refractivity contribution >= 4 is 0 Å². The molecule has 0 amide bonds. The fourth-order valence-electron chi connectivity index (χ4n) is 1.56. The van der Waals surface area contributed by atoms with Crippen LogP contribution >= 0.6 is 0 Å². The maximum Gasteiger partial charge on any atom is 0.426 e. The van der Waals surface area contributed by atoms with Gasteiger partial charge in [0.2, 0.25) is 17.7 Å². The molecular weight excluding hydrogens is 294 g/mol. The van der Waals surface area contributed by atoms with Crippen molar-refractivity contribution in [1.29, 1.82) is 0 Å². The van der Waals surface area contributed by atoms with E-state index in [1.54, 1.807) is 0 Å². The van der Waals surface area contributed by atoms with E-state index in [0.29, 0.717) is 0 Å². The van der Waals surface area contributed by atoms with Gasteiger partial charge in [-0.2, -0.15) is 27.5 Å². The monoisotopic (exact) mass is 303 g/mol. The molecule has 0 unspecified atom stereocenters. The maximum absolute atomic E-state index is 13.6. The normalized spacial score (nSPS) is 11.3. The zero-order chi connectivity index (χ0) is 15.6. The highest BCUT2D eigenvalue weighted by molar-refractivity contribution is 5.55. The molecule has 0 bridgehead atoms. The van der Waals surface area contributed by atoms with Crippen molar-refractivity contribution in [3.63, 3.8) is 0 Å². The van der Waals surface area contributed by atoms with E-state index < -0.39 is 23.6 Å². The highest BCUT2D eigenvalue weighted by atomic mass is 19.4. The van der Waals surface area contributed by atoms with E-state index in [0.717, 1.165) is 7.11 Å². The summed E-state index contributed by atoms with van der Waals surface area (Å²) in [6.45, 7) is 0. The number of rotatable bonds is 3. The van der Waals surface area contributed by atoms with E-state index in [4.69, 9.17) is 4.74 Å². The van der Waals surface area contributed by atoms with Crippen LogP contribution in [0.15, 0.2) is 18.3 Å². The fraction of sp³-hybridized carbons (Fsp3) is 0.250. The summed E-state index contributed by atoms with van der Waals surface area (Å²) in [5.41, 5.74) is -1.42. The van der Waals surface area contributed by atoms with Gasteiger partial charge < -0.3 is 9.47 Å². The number of alkyl halides is 3. The van der Waals surface area contributed by atoms with Crippen molar-refractivity contribution < 1.29 is 27.0 Å². The number of aromatic nitrogens is 3. The minimum Gasteiger partial charge on any atom is -0.481 e. The highest BCUT2D eigenvalue weighted by Crippen LogP contribution is 2.37. The summed E-state index contributed by atoms with van der Waals surface area (Å²) in [6, 6.07) is 2.88. The van der Waals surface area contributed by atoms with Gasteiger partial charge in [0.1, 0.15) is 0 Å². The Morgan fingerprint density at radius 2 is 1.76 bits per heavy atom. The van der Waals surface area contributed by atoms with Gasteiger partial charge in [-0.15, -0.1) is 0 Å². The molecule has 0 aliphatic rings. The number of halogens is 4. The van der Waals surface area contributed by atoms with Crippen LogP contribution in [-0.2, 0) is 6.18 Å². The van der Waals surface area contributed by atoms with E-state index in [1.807, 2.05) is 0 Å². The van der Waals surface area contributed by atoms with Gasteiger partial charge in [0.05, 0.1) is 14.2 Å². The Labute approximate surface area is 116 Å². The molecule has 0 aliphatic carbocycles. The quantitative estimate of drug-likeness (QED) is 0.644. The third-order valence-electron chi connectivity index (χ3n) is 2.51. The maximum atomic E-state index is 13.6. The first-order valence-corrected chi connectivity index (χ1v) is 5.56. The van der Waals surface area contributed by atoms with Gasteiger partial charge >= 0.3 is 6.18 Å². The SMILES string of the molecule is COc1ccc(-c2nc(F)c(C(F)(F)F)c(OC)n2)cn1. The fourth-order valence-corrected chi connectivity index (χ4v) is 1.56. The van der Waals surface area contributed by atoms with Gasteiger partial charge in [0, 0.05) is 17.8 Å². The van der Waals surface area contributed by atoms with Gasteiger partial charge in [-0.1, -0.05) is 0 Å². The molecule has 2 aromatic heterocycles. The lowest BCUT2D eigenvalue weighted by Crippen LogP contribution is -2.14. The summed E-state index contributed by atoms with van der Waals surface area (Å²) in [5, 5.41) is 0. The van der Waals surface area contributed by atoms with Gasteiger partial charge in [-0.3, -0.25) is 0 Å². The van der Waals surface area contributed by atoms with Crippen molar-refractivity contribution in [3.05, 3.63) is 29.8 Å². The third-order valence-corrected chi connectivity index (χ3v) is 2.51. The van der Waals surface area contributed by atoms with Crippen LogP contribution < -0.4 is 9.47 Å². The first kappa shape index (κ1) is 14.9. The molecule has 0 atom stereocenters. The minimum absolute atomic E-state index is 0.224. The Hall–Kier alpha value is -2.45. The smallest absolute Gasteiger partial charge is 0.426 e. The average molecular weight is 303 g/mol. The molecule has 0 aliphatic heterocycles. The van der Waals surface area contributed by atoms with Crippen LogP contribution in [0.25, 0.3) is 11.4 Å². The summed E-state index contributed by atoms with van der Waals surface area (Å²) in [7, 11) is 2.37. The second-order valence-electron chi connectivity index (χ2n) is 3.81. The molecule has 9 heteroatoms. The van der Waals surface area contributed by atoms with Crippen molar-refractivity contribution in [3.8, 4) is 23.1 Å². The lowest BCUT2D eigenvalue weighted by molar-refractivity contribution is -0.142. The molecule has 2 rings (SSSR count). The van der Waals surface area contributed by atoms with Crippen LogP contribution in [0.4, 0.5) is 17.6 Å². The third kappa shape index (κ3) is 3.01. The molecule has 5 nitrogen and oxygen atoms in total. The number of pyridine rings is 1. The molecule has 2 heterocycles. The second kappa shape index (κ2) is 5.51. The number of nitrogens with zero attached hydrogens (tertiary/aromatic N) is 3. The van der Waals surface area contributed by atoms with Crippen LogP contribution in [0.3, 0.4) is 0 Å². The Morgan fingerprint density at radius 3 is 2.24 bits per heavy atom. The van der Waals surface area contributed by atoms with Crippen LogP contribution in [0.1, 0.15) is 5.56 Å². The lowest BCUT2D eigenvalue weighted by atomic mass is 10.2. The van der Waals surface area contributed by atoms with Gasteiger partial charge in [0.15, 0.2) is 11.4 Å². The largest absolute Gasteiger partial charge is 0.481 e. The molecular formula is C12H9F4N3O2. The summed E-state index contributed by atoms with van der Waals surface area (Å²) >= 11 is 0. The summed E-state index contributed by atoms with van der Waals surface area (Å²) < 4.78 is 61.1. The summed E-state index contributed by atoms with van der Waals surface area (Å²) in [4.78, 5) is 10.6. The van der Waals surface area contributed by atoms with E-state index in [1.165, 1.54) is 25.4 Å². The van der Waals surface area contributed by atoms with E-state index in [9.17, 15) is 17.6 Å². The topological polar surface area (TPSA) is 57.1 Å². The molecule has 112 valence electrons. The predicted molar refractivity (Wildman–Crippen MR) is 63.3 cm³/mol. The van der Waals surface area contributed by atoms with E-state index in [2.05, 4.69) is 19.7 Å². The van der Waals surface area contributed by atoms with E-state index in [-0.39, 0.29) is 17.3 Å². The van der Waals surface area contributed by atoms with Crippen LogP contribution in [0.2, 0.25) is 0 Å². The van der Waals surface area contributed by atoms with Crippen molar-refractivity contribution in [2.75, 3.05) is 14.2 Å². The average Bonchev–Trinajstić information content (AvgIpc) is 2.45. The number of ether oxygens (including phenoxy) is 2. The molecule has 0 N–H and O–H groups in total. The van der Waals surface area contributed by atoms with Gasteiger partial charge in [-0.25, -0.2) is 4.98 Å². The highest BCUT2D eigenvalue weighted by Gasteiger charge is 2.40. The molecule has 0 saturated carbocycles. The summed E-state index contributed by atoms with van der Waals surface area (Å²) in [6.07, 6.45) is -3.70. The van der Waals surface area contributed by atoms with Crippen molar-refractivity contribution in [2.45, 2.75) is 6.18 Å². The minimum atomic E-state index is -4.95. The molecule has 2 aromatic rings. The van der Waals surface area contributed by atoms with Crippen LogP contribution in [0.5, 0.6) is 11.8 Å². The van der Waals surface area contributed by atoms with Crippen molar-refractivity contribution in [2.24, 2.45) is 0 Å². The molecule has 21 heavy (non-hydrogen) atoms. The standard InChI is InChI=1S/C12H9F4N3O2/c1-20-7-4-3-6(5-17-7)10-18-9(13)8(12(14,15)16)11(19-10)21-2/h3-5H,1-2H3. The van der Waals surface area contributed by atoms with Crippen LogP contribution in [0, 0.1) is 5.95 Å². The Bertz CT molecular complexity index is 644. The number of hydrogen-bond donors (Lipinski definition) is 0. The van der Waals surface area contributed by atoms with Crippen LogP contribution in [-0.4, -0.2) is 29.2 Å². The zero-order valence-electron chi connectivity index (χ0n) is 10.9. The predicted octanol–water partition coefficient (Wildman–Crippen LogP) is 2.71. The van der Waals surface area contributed by atoms with E-state index >= 15 is 0 Å². The number of methoxy groups -OCH3 is 2. The molecule has 0 fully saturated rings. The van der Waals surface area contributed by atoms with Gasteiger partial charge in [0.25, 0.3) is 0 Å². The zero-order valence-corrected chi connectivity index (χ0v) is 10.9. The first-order valence-electron chi connectivity index (χ1n) is 5.56. The van der Waals surface area contributed by atoms with Crippen molar-refractivity contribution in [1.82, 2.24) is 15.0 Å².